The number of primary amides is 1. The van der Waals surface area contributed by atoms with E-state index in [9.17, 15) is 14.4 Å². The lowest BCUT2D eigenvalue weighted by Crippen LogP contribution is -2.34. The summed E-state index contributed by atoms with van der Waals surface area (Å²) in [4.78, 5) is 30.7. The molecular formula is C6H10N2O4. The van der Waals surface area contributed by atoms with Gasteiger partial charge < -0.3 is 10.8 Å². The fraction of sp³-hybridized carbons (Fsp3) is 0.500. The number of imide groups is 1. The molecule has 0 aromatic carbocycles. The second-order valence-electron chi connectivity index (χ2n) is 2.16. The maximum Gasteiger partial charge on any atom is 0.318 e. The van der Waals surface area contributed by atoms with E-state index in [1.165, 1.54) is 0 Å². The minimum Gasteiger partial charge on any atom is -0.481 e. The topological polar surface area (TPSA) is 109 Å². The van der Waals surface area contributed by atoms with Crippen molar-refractivity contribution in [2.75, 3.05) is 0 Å². The van der Waals surface area contributed by atoms with E-state index in [0.29, 0.717) is 0 Å². The molecule has 0 heterocycles. The number of rotatable bonds is 4. The highest BCUT2D eigenvalue weighted by Crippen LogP contribution is 1.94. The van der Waals surface area contributed by atoms with Gasteiger partial charge in [-0.05, 0) is 6.42 Å². The highest BCUT2D eigenvalue weighted by Gasteiger charge is 2.04. The average Bonchev–Trinajstić information content (AvgIpc) is 1.84. The number of carboxylic acids is 1. The van der Waals surface area contributed by atoms with Crippen LogP contribution < -0.4 is 11.1 Å². The van der Waals surface area contributed by atoms with E-state index in [1.807, 2.05) is 5.32 Å². The molecule has 0 bridgehead atoms. The molecule has 12 heavy (non-hydrogen) atoms. The van der Waals surface area contributed by atoms with Gasteiger partial charge in [-0.15, -0.1) is 0 Å². The Bertz CT molecular complexity index is 202. The second-order valence-corrected chi connectivity index (χ2v) is 2.16. The van der Waals surface area contributed by atoms with Crippen LogP contribution in [0.3, 0.4) is 0 Å². The van der Waals surface area contributed by atoms with Gasteiger partial charge in [0.25, 0.3) is 0 Å². The summed E-state index contributed by atoms with van der Waals surface area (Å²) in [6, 6.07) is -0.921. The number of nitrogens with two attached hydrogens (primary N) is 1. The van der Waals surface area contributed by atoms with Crippen molar-refractivity contribution < 1.29 is 19.5 Å². The fourth-order valence-electron chi connectivity index (χ4n) is 0.600. The van der Waals surface area contributed by atoms with E-state index >= 15 is 0 Å². The van der Waals surface area contributed by atoms with Gasteiger partial charge in [0.05, 0.1) is 0 Å². The van der Waals surface area contributed by atoms with Crippen LogP contribution in [0, 0.1) is 0 Å². The summed E-state index contributed by atoms with van der Waals surface area (Å²) in [6.07, 6.45) is 0.107. The number of carboxylic acid groups (broad SMARTS) is 1. The Labute approximate surface area is 68.7 Å². The summed E-state index contributed by atoms with van der Waals surface area (Å²) < 4.78 is 0. The van der Waals surface area contributed by atoms with E-state index in [4.69, 9.17) is 5.11 Å². The molecule has 0 radical (unpaired) electrons. The van der Waals surface area contributed by atoms with Crippen molar-refractivity contribution in [1.82, 2.24) is 5.32 Å². The Morgan fingerprint density at radius 2 is 1.83 bits per heavy atom. The summed E-state index contributed by atoms with van der Waals surface area (Å²) >= 11 is 0. The van der Waals surface area contributed by atoms with E-state index in [1.54, 1.807) is 0 Å². The number of hydrogen-bond donors (Lipinski definition) is 3. The lowest BCUT2D eigenvalue weighted by Gasteiger charge is -1.97. The van der Waals surface area contributed by atoms with Gasteiger partial charge in [-0.2, -0.15) is 0 Å². The number of nitrogens with one attached hydrogen (secondary N) is 1. The number of hydrogen-bond acceptors (Lipinski definition) is 3. The van der Waals surface area contributed by atoms with Gasteiger partial charge in [0.1, 0.15) is 0 Å². The van der Waals surface area contributed by atoms with E-state index < -0.39 is 17.9 Å². The van der Waals surface area contributed by atoms with Crippen LogP contribution >= 0.6 is 0 Å². The monoisotopic (exact) mass is 174 g/mol. The van der Waals surface area contributed by atoms with Crippen molar-refractivity contribution in [2.24, 2.45) is 5.73 Å². The highest BCUT2D eigenvalue weighted by atomic mass is 16.4. The molecular weight excluding hydrogens is 164 g/mol. The van der Waals surface area contributed by atoms with Gasteiger partial charge in [0, 0.05) is 12.8 Å². The molecule has 6 heteroatoms. The first kappa shape index (κ1) is 10.4. The maximum atomic E-state index is 10.6. The van der Waals surface area contributed by atoms with Crippen LogP contribution in [0.25, 0.3) is 0 Å². The largest absolute Gasteiger partial charge is 0.481 e. The molecule has 4 N–H and O–H groups in total. The first-order valence-corrected chi connectivity index (χ1v) is 3.33. The van der Waals surface area contributed by atoms with Crippen molar-refractivity contribution in [1.29, 1.82) is 0 Å². The molecule has 0 saturated carbocycles. The molecule has 0 aliphatic carbocycles. The minimum absolute atomic E-state index is 0.00472. The van der Waals surface area contributed by atoms with Crippen molar-refractivity contribution in [3.05, 3.63) is 0 Å². The molecule has 6 nitrogen and oxygen atoms in total. The molecule has 0 spiro atoms. The van der Waals surface area contributed by atoms with Gasteiger partial charge in [-0.1, -0.05) is 0 Å². The molecule has 68 valence electrons. The fourth-order valence-corrected chi connectivity index (χ4v) is 0.600. The van der Waals surface area contributed by atoms with Crippen LogP contribution in [0.1, 0.15) is 19.3 Å². The minimum atomic E-state index is -0.970. The van der Waals surface area contributed by atoms with Gasteiger partial charge in [0.2, 0.25) is 5.91 Å². The molecule has 0 unspecified atom stereocenters. The summed E-state index contributed by atoms with van der Waals surface area (Å²) in [6.45, 7) is 0. The summed E-state index contributed by atoms with van der Waals surface area (Å²) in [5.41, 5.74) is 4.64. The van der Waals surface area contributed by atoms with Crippen molar-refractivity contribution in [2.45, 2.75) is 19.3 Å². The Morgan fingerprint density at radius 3 is 2.25 bits per heavy atom. The van der Waals surface area contributed by atoms with Crippen LogP contribution in [0.2, 0.25) is 0 Å². The van der Waals surface area contributed by atoms with Crippen LogP contribution in [0.5, 0.6) is 0 Å². The number of carbonyl (C=O) groups is 3. The van der Waals surface area contributed by atoms with Gasteiger partial charge in [-0.3, -0.25) is 14.9 Å². The molecule has 0 atom stereocenters. The molecule has 0 aliphatic rings. The lowest BCUT2D eigenvalue weighted by molar-refractivity contribution is -0.137. The SMILES string of the molecule is NC(=O)NC(=O)CCCC(=O)O. The van der Waals surface area contributed by atoms with Crippen LogP contribution in [0.4, 0.5) is 4.79 Å². The molecule has 0 rings (SSSR count). The molecule has 0 fully saturated rings. The Hall–Kier alpha value is -1.59. The molecule has 0 aliphatic heterocycles. The van der Waals surface area contributed by atoms with E-state index in [-0.39, 0.29) is 19.3 Å². The zero-order valence-corrected chi connectivity index (χ0v) is 6.37. The summed E-state index contributed by atoms with van der Waals surface area (Å²) in [7, 11) is 0. The zero-order valence-electron chi connectivity index (χ0n) is 6.37. The number of carbonyl (C=O) groups excluding carboxylic acids is 2. The summed E-state index contributed by atoms with van der Waals surface area (Å²) in [5, 5.41) is 10.0. The first-order valence-electron chi connectivity index (χ1n) is 3.33. The molecule has 3 amide bonds. The lowest BCUT2D eigenvalue weighted by atomic mass is 10.2. The van der Waals surface area contributed by atoms with Gasteiger partial charge in [-0.25, -0.2) is 4.79 Å². The number of aliphatic carboxylic acids is 1. The number of urea groups is 1. The third-order valence-electron chi connectivity index (χ3n) is 1.06. The molecule has 0 aromatic rings. The molecule has 0 aromatic heterocycles. The maximum absolute atomic E-state index is 10.6. The van der Waals surface area contributed by atoms with Gasteiger partial charge >= 0.3 is 12.0 Å². The van der Waals surface area contributed by atoms with E-state index in [2.05, 4.69) is 5.73 Å². The predicted molar refractivity (Wildman–Crippen MR) is 39.2 cm³/mol. The third kappa shape index (κ3) is 6.53. The quantitative estimate of drug-likeness (QED) is 0.530. The third-order valence-corrected chi connectivity index (χ3v) is 1.06. The Morgan fingerprint density at radius 1 is 1.25 bits per heavy atom. The predicted octanol–water partition coefficient (Wildman–Crippen LogP) is -0.564. The number of amides is 3. The van der Waals surface area contributed by atoms with Crippen molar-refractivity contribution in [3.8, 4) is 0 Å². The van der Waals surface area contributed by atoms with E-state index in [0.717, 1.165) is 0 Å². The van der Waals surface area contributed by atoms with Gasteiger partial charge in [0.15, 0.2) is 0 Å². The normalized spacial score (nSPS) is 9.00. The zero-order chi connectivity index (χ0) is 9.56. The molecule has 0 saturated heterocycles. The second kappa shape index (κ2) is 5.11. The van der Waals surface area contributed by atoms with Crippen molar-refractivity contribution in [3.63, 3.8) is 0 Å². The van der Waals surface area contributed by atoms with Crippen LogP contribution in [-0.2, 0) is 9.59 Å². The smallest absolute Gasteiger partial charge is 0.318 e. The highest BCUT2D eigenvalue weighted by molar-refractivity contribution is 5.93. The van der Waals surface area contributed by atoms with Crippen LogP contribution in [0.15, 0.2) is 0 Å². The van der Waals surface area contributed by atoms with Crippen LogP contribution in [-0.4, -0.2) is 23.0 Å². The first-order chi connectivity index (χ1) is 5.52. The Kier molecular flexibility index (Phi) is 4.43. The van der Waals surface area contributed by atoms with Crippen molar-refractivity contribution >= 4 is 17.9 Å². The summed E-state index contributed by atoms with van der Waals surface area (Å²) in [5.74, 6) is -1.52. The standard InChI is InChI=1S/C6H10N2O4/c7-6(12)8-4(9)2-1-3-5(10)11/h1-3H2,(H,10,11)(H3,7,8,9,12). The Balaban J connectivity index is 3.44. The average molecular weight is 174 g/mol.